The summed E-state index contributed by atoms with van der Waals surface area (Å²) in [5.74, 6) is 1.35. The minimum Gasteiger partial charge on any atom is -0.317 e. The number of hydrogen-bond donors (Lipinski definition) is 1. The molecule has 0 atom stereocenters. The smallest absolute Gasteiger partial charge is 0.0443 e. The zero-order valence-corrected chi connectivity index (χ0v) is 13.1. The van der Waals surface area contributed by atoms with Gasteiger partial charge in [0, 0.05) is 5.02 Å². The quantitative estimate of drug-likeness (QED) is 0.896. The van der Waals surface area contributed by atoms with Gasteiger partial charge in [0.15, 0.2) is 0 Å². The van der Waals surface area contributed by atoms with E-state index in [1.165, 1.54) is 49.9 Å². The normalized spacial score (nSPS) is 23.1. The number of benzene rings is 1. The van der Waals surface area contributed by atoms with Crippen molar-refractivity contribution in [3.8, 4) is 0 Å². The maximum Gasteiger partial charge on any atom is 0.0443 e. The minimum absolute atomic E-state index is 0.653. The molecule has 20 heavy (non-hydrogen) atoms. The van der Waals surface area contributed by atoms with E-state index < -0.39 is 0 Å². The van der Waals surface area contributed by atoms with E-state index in [1.807, 2.05) is 0 Å². The molecule has 2 aliphatic heterocycles. The first kappa shape index (κ1) is 14.4. The molecule has 0 bridgehead atoms. The molecular weight excluding hydrogens is 268 g/mol. The van der Waals surface area contributed by atoms with Gasteiger partial charge in [-0.3, -0.25) is 0 Å². The number of rotatable bonds is 2. The highest BCUT2D eigenvalue weighted by molar-refractivity contribution is 6.31. The first-order valence-electron chi connectivity index (χ1n) is 7.92. The zero-order chi connectivity index (χ0) is 13.9. The maximum atomic E-state index is 6.59. The average molecular weight is 293 g/mol. The van der Waals surface area contributed by atoms with Crippen molar-refractivity contribution >= 4 is 11.6 Å². The summed E-state index contributed by atoms with van der Waals surface area (Å²) in [6.45, 7) is 4.66. The van der Waals surface area contributed by atoms with Crippen LogP contribution in [0.2, 0.25) is 5.02 Å². The Bertz CT molecular complexity index is 446. The van der Waals surface area contributed by atoms with Crippen molar-refractivity contribution in [2.45, 2.75) is 37.5 Å². The van der Waals surface area contributed by atoms with E-state index in [0.29, 0.717) is 11.8 Å². The van der Waals surface area contributed by atoms with Gasteiger partial charge in [0.1, 0.15) is 0 Å². The largest absolute Gasteiger partial charge is 0.317 e. The predicted octanol–water partition coefficient (Wildman–Crippen LogP) is 3.62. The van der Waals surface area contributed by atoms with Gasteiger partial charge in [-0.1, -0.05) is 23.7 Å². The van der Waals surface area contributed by atoms with Crippen LogP contribution in [0.1, 0.15) is 48.6 Å². The van der Waals surface area contributed by atoms with Crippen molar-refractivity contribution in [3.63, 3.8) is 0 Å². The lowest BCUT2D eigenvalue weighted by Crippen LogP contribution is -2.29. The van der Waals surface area contributed by atoms with Gasteiger partial charge in [-0.2, -0.15) is 0 Å². The Morgan fingerprint density at radius 2 is 1.75 bits per heavy atom. The Morgan fingerprint density at radius 1 is 1.05 bits per heavy atom. The van der Waals surface area contributed by atoms with Crippen LogP contribution >= 0.6 is 11.6 Å². The lowest BCUT2D eigenvalue weighted by molar-refractivity contribution is 0.255. The Kier molecular flexibility index (Phi) is 4.65. The molecule has 0 amide bonds. The second-order valence-corrected chi connectivity index (χ2v) is 6.79. The average Bonchev–Trinajstić information content (AvgIpc) is 2.49. The molecule has 1 aromatic carbocycles. The lowest BCUT2D eigenvalue weighted by atomic mass is 9.86. The summed E-state index contributed by atoms with van der Waals surface area (Å²) < 4.78 is 0. The van der Waals surface area contributed by atoms with Gasteiger partial charge < -0.3 is 10.2 Å². The highest BCUT2D eigenvalue weighted by Gasteiger charge is 2.22. The van der Waals surface area contributed by atoms with E-state index in [0.717, 1.165) is 18.1 Å². The third-order valence-corrected chi connectivity index (χ3v) is 5.32. The third-order valence-electron chi connectivity index (χ3n) is 4.99. The fourth-order valence-corrected chi connectivity index (χ4v) is 3.95. The van der Waals surface area contributed by atoms with Gasteiger partial charge in [-0.15, -0.1) is 0 Å². The fourth-order valence-electron chi connectivity index (χ4n) is 3.60. The van der Waals surface area contributed by atoms with Gasteiger partial charge in [-0.25, -0.2) is 0 Å². The number of likely N-dealkylation sites (tertiary alicyclic amines) is 1. The minimum atomic E-state index is 0.653. The van der Waals surface area contributed by atoms with E-state index >= 15 is 0 Å². The number of hydrogen-bond acceptors (Lipinski definition) is 2. The van der Waals surface area contributed by atoms with E-state index in [-0.39, 0.29) is 0 Å². The van der Waals surface area contributed by atoms with Gasteiger partial charge in [0.25, 0.3) is 0 Å². The van der Waals surface area contributed by atoms with Crippen molar-refractivity contribution in [1.29, 1.82) is 0 Å². The molecule has 0 aliphatic carbocycles. The number of nitrogens with one attached hydrogen (secondary N) is 1. The molecule has 2 saturated heterocycles. The predicted molar refractivity (Wildman–Crippen MR) is 85.8 cm³/mol. The summed E-state index contributed by atoms with van der Waals surface area (Å²) in [6.07, 6.45) is 4.96. The van der Waals surface area contributed by atoms with Crippen LogP contribution in [-0.4, -0.2) is 38.1 Å². The molecule has 2 heterocycles. The molecule has 3 rings (SSSR count). The molecule has 0 radical (unpaired) electrons. The van der Waals surface area contributed by atoms with Crippen LogP contribution < -0.4 is 5.32 Å². The highest BCUT2D eigenvalue weighted by atomic mass is 35.5. The van der Waals surface area contributed by atoms with Gasteiger partial charge in [0.2, 0.25) is 0 Å². The number of piperidine rings is 2. The standard InChI is InChI=1S/C17H25ClN2/c1-20-10-6-14(7-11-20)16-3-2-15(12-17(16)18)13-4-8-19-9-5-13/h2-3,12-14,19H,4-11H2,1H3. The van der Waals surface area contributed by atoms with Gasteiger partial charge >= 0.3 is 0 Å². The van der Waals surface area contributed by atoms with Gasteiger partial charge in [-0.05, 0) is 87.9 Å². The van der Waals surface area contributed by atoms with Crippen LogP contribution in [0.5, 0.6) is 0 Å². The van der Waals surface area contributed by atoms with Crippen LogP contribution in [0.25, 0.3) is 0 Å². The fraction of sp³-hybridized carbons (Fsp3) is 0.647. The van der Waals surface area contributed by atoms with Crippen molar-refractivity contribution in [1.82, 2.24) is 10.2 Å². The summed E-state index contributed by atoms with van der Waals surface area (Å²) in [6, 6.07) is 6.87. The first-order valence-corrected chi connectivity index (χ1v) is 8.30. The monoisotopic (exact) mass is 292 g/mol. The summed E-state index contributed by atoms with van der Waals surface area (Å²) in [5, 5.41) is 4.42. The zero-order valence-electron chi connectivity index (χ0n) is 12.4. The molecule has 0 saturated carbocycles. The maximum absolute atomic E-state index is 6.59. The summed E-state index contributed by atoms with van der Waals surface area (Å²) in [5.41, 5.74) is 2.81. The van der Waals surface area contributed by atoms with Crippen LogP contribution in [0.4, 0.5) is 0 Å². The Labute approximate surface area is 127 Å². The van der Waals surface area contributed by atoms with Crippen LogP contribution in [0, 0.1) is 0 Å². The summed E-state index contributed by atoms with van der Waals surface area (Å²) >= 11 is 6.59. The molecule has 1 aromatic rings. The van der Waals surface area contributed by atoms with Crippen LogP contribution in [0.15, 0.2) is 18.2 Å². The molecule has 110 valence electrons. The molecule has 0 aromatic heterocycles. The first-order chi connectivity index (χ1) is 9.74. The molecular formula is C17H25ClN2. The topological polar surface area (TPSA) is 15.3 Å². The number of nitrogens with zero attached hydrogens (tertiary/aromatic N) is 1. The molecule has 0 unspecified atom stereocenters. The molecule has 3 heteroatoms. The van der Waals surface area contributed by atoms with Crippen molar-refractivity contribution < 1.29 is 0 Å². The van der Waals surface area contributed by atoms with Crippen LogP contribution in [-0.2, 0) is 0 Å². The molecule has 2 aliphatic rings. The van der Waals surface area contributed by atoms with E-state index in [4.69, 9.17) is 11.6 Å². The van der Waals surface area contributed by atoms with Crippen molar-refractivity contribution in [3.05, 3.63) is 34.3 Å². The van der Waals surface area contributed by atoms with E-state index in [1.54, 1.807) is 0 Å². The van der Waals surface area contributed by atoms with Gasteiger partial charge in [0.05, 0.1) is 0 Å². The lowest BCUT2D eigenvalue weighted by Gasteiger charge is -2.30. The van der Waals surface area contributed by atoms with Crippen molar-refractivity contribution in [2.24, 2.45) is 0 Å². The molecule has 2 nitrogen and oxygen atoms in total. The van der Waals surface area contributed by atoms with E-state index in [9.17, 15) is 0 Å². The Balaban J connectivity index is 1.73. The van der Waals surface area contributed by atoms with Crippen molar-refractivity contribution in [2.75, 3.05) is 33.2 Å². The molecule has 1 N–H and O–H groups in total. The second kappa shape index (κ2) is 6.46. The number of halogens is 1. The third kappa shape index (κ3) is 3.19. The SMILES string of the molecule is CN1CCC(c2ccc(C3CCNCC3)cc2Cl)CC1. The molecule has 2 fully saturated rings. The summed E-state index contributed by atoms with van der Waals surface area (Å²) in [4.78, 5) is 2.41. The molecule has 0 spiro atoms. The van der Waals surface area contributed by atoms with Crippen LogP contribution in [0.3, 0.4) is 0 Å². The second-order valence-electron chi connectivity index (χ2n) is 6.38. The van der Waals surface area contributed by atoms with E-state index in [2.05, 4.69) is 35.5 Å². The summed E-state index contributed by atoms with van der Waals surface area (Å²) in [7, 11) is 2.21. The Morgan fingerprint density at radius 3 is 2.40 bits per heavy atom. The Hall–Kier alpha value is -0.570. The highest BCUT2D eigenvalue weighted by Crippen LogP contribution is 2.35.